The first kappa shape index (κ1) is 25.1. The summed E-state index contributed by atoms with van der Waals surface area (Å²) in [6, 6.07) is 10.8. The molecule has 0 unspecified atom stereocenters. The van der Waals surface area contributed by atoms with Gasteiger partial charge in [0.25, 0.3) is 11.1 Å². The Labute approximate surface area is 212 Å². The third kappa shape index (κ3) is 5.17. The first-order valence-corrected chi connectivity index (χ1v) is 12.1. The van der Waals surface area contributed by atoms with Gasteiger partial charge in [0.2, 0.25) is 0 Å². The van der Waals surface area contributed by atoms with Gasteiger partial charge in [-0.25, -0.2) is 14.4 Å². The van der Waals surface area contributed by atoms with Gasteiger partial charge in [-0.1, -0.05) is 19.1 Å². The van der Waals surface area contributed by atoms with E-state index in [0.717, 1.165) is 47.6 Å². The Balaban J connectivity index is 0.00000289. The molecule has 5 rings (SSSR count). The molecule has 2 saturated heterocycles. The Morgan fingerprint density at radius 3 is 2.74 bits per heavy atom. The third-order valence-electron chi connectivity index (χ3n) is 6.04. The van der Waals surface area contributed by atoms with Crippen molar-refractivity contribution >= 4 is 58.0 Å². The summed E-state index contributed by atoms with van der Waals surface area (Å²) >= 11 is 0.865. The van der Waals surface area contributed by atoms with Crippen molar-refractivity contribution in [2.75, 3.05) is 18.0 Å². The van der Waals surface area contributed by atoms with Crippen LogP contribution in [0.15, 0.2) is 41.3 Å². The third-order valence-corrected chi connectivity index (χ3v) is 6.85. The fraction of sp³-hybridized carbons (Fsp3) is 0.280. The molecule has 2 aliphatic rings. The van der Waals surface area contributed by atoms with Gasteiger partial charge < -0.3 is 10.6 Å². The smallest absolute Gasteiger partial charge is 0.290 e. The molecule has 0 radical (unpaired) electrons. The highest BCUT2D eigenvalue weighted by atomic mass is 35.5. The normalized spacial score (nSPS) is 19.2. The molecule has 35 heavy (non-hydrogen) atoms. The molecule has 0 spiro atoms. The maximum atomic E-state index is 15.2. The monoisotopic (exact) mass is 513 g/mol. The van der Waals surface area contributed by atoms with Gasteiger partial charge in [0.1, 0.15) is 11.6 Å². The number of nitrogens with one attached hydrogen (secondary N) is 1. The largest absolute Gasteiger partial charge is 0.368 e. The van der Waals surface area contributed by atoms with E-state index in [1.165, 1.54) is 6.07 Å². The molecule has 7 nitrogen and oxygen atoms in total. The van der Waals surface area contributed by atoms with Crippen molar-refractivity contribution in [3.8, 4) is 11.3 Å². The molecule has 2 aromatic carbocycles. The van der Waals surface area contributed by atoms with Crippen LogP contribution < -0.4 is 16.0 Å². The molecule has 182 valence electrons. The molecule has 0 saturated carbocycles. The number of nitrogens with zero attached hydrogens (tertiary/aromatic N) is 3. The Morgan fingerprint density at radius 2 is 2.06 bits per heavy atom. The number of rotatable bonds is 4. The van der Waals surface area contributed by atoms with Crippen LogP contribution in [0.3, 0.4) is 0 Å². The van der Waals surface area contributed by atoms with Crippen LogP contribution in [0.5, 0.6) is 0 Å². The molecule has 3 N–H and O–H groups in total. The topological polar surface area (TPSA) is 101 Å². The maximum absolute atomic E-state index is 15.2. The first-order valence-electron chi connectivity index (χ1n) is 11.3. The highest BCUT2D eigenvalue weighted by molar-refractivity contribution is 8.18. The van der Waals surface area contributed by atoms with Gasteiger partial charge in [0.05, 0.1) is 21.8 Å². The van der Waals surface area contributed by atoms with Crippen LogP contribution in [-0.4, -0.2) is 40.2 Å². The number of amides is 2. The van der Waals surface area contributed by atoms with Crippen LogP contribution in [0.25, 0.3) is 28.2 Å². The molecule has 0 aliphatic carbocycles. The Kier molecular flexibility index (Phi) is 7.39. The molecule has 10 heteroatoms. The number of thioether (sulfide) groups is 1. The van der Waals surface area contributed by atoms with E-state index in [9.17, 15) is 9.59 Å². The summed E-state index contributed by atoms with van der Waals surface area (Å²) in [6.45, 7) is 3.39. The van der Waals surface area contributed by atoms with Crippen LogP contribution in [0.2, 0.25) is 0 Å². The van der Waals surface area contributed by atoms with E-state index in [2.05, 4.69) is 10.3 Å². The summed E-state index contributed by atoms with van der Waals surface area (Å²) in [5.41, 5.74) is 9.37. The number of imide groups is 1. The van der Waals surface area contributed by atoms with Gasteiger partial charge in [0.15, 0.2) is 0 Å². The fourth-order valence-electron chi connectivity index (χ4n) is 4.37. The summed E-state index contributed by atoms with van der Waals surface area (Å²) in [7, 11) is 0. The minimum Gasteiger partial charge on any atom is -0.368 e. The van der Waals surface area contributed by atoms with Crippen molar-refractivity contribution in [3.63, 3.8) is 0 Å². The van der Waals surface area contributed by atoms with E-state index < -0.39 is 5.91 Å². The molecule has 0 bridgehead atoms. The number of anilines is 1. The van der Waals surface area contributed by atoms with Gasteiger partial charge in [-0.05, 0) is 60.5 Å². The SMILES string of the molecule is CCc1nc(-c2ccc(N3CCC[C@@H](N)C3)c(F)c2)c2cc(C=C3SC(=O)NC3=O)ccc2n1.Cl. The summed E-state index contributed by atoms with van der Waals surface area (Å²) in [6.07, 6.45) is 4.19. The van der Waals surface area contributed by atoms with E-state index >= 15 is 4.39 Å². The molecule has 2 fully saturated rings. The molecule has 2 amide bonds. The second-order valence-electron chi connectivity index (χ2n) is 8.49. The zero-order valence-electron chi connectivity index (χ0n) is 19.1. The molecule has 2 aliphatic heterocycles. The van der Waals surface area contributed by atoms with Crippen LogP contribution in [0.4, 0.5) is 14.9 Å². The number of benzene rings is 2. The maximum Gasteiger partial charge on any atom is 0.290 e. The summed E-state index contributed by atoms with van der Waals surface area (Å²) < 4.78 is 15.2. The highest BCUT2D eigenvalue weighted by Crippen LogP contribution is 2.33. The molecule has 1 atom stereocenters. The lowest BCUT2D eigenvalue weighted by atomic mass is 10.0. The molecular weight excluding hydrogens is 489 g/mol. The van der Waals surface area contributed by atoms with Gasteiger partial charge in [-0.3, -0.25) is 14.9 Å². The predicted octanol–water partition coefficient (Wildman–Crippen LogP) is 4.67. The average molecular weight is 514 g/mol. The van der Waals surface area contributed by atoms with E-state index in [1.807, 2.05) is 36.1 Å². The number of carbonyl (C=O) groups is 2. The number of aryl methyl sites for hydroxylation is 1. The number of aromatic nitrogens is 2. The Morgan fingerprint density at radius 1 is 1.23 bits per heavy atom. The molecule has 3 aromatic rings. The minimum atomic E-state index is -0.414. The van der Waals surface area contributed by atoms with Crippen LogP contribution in [0.1, 0.15) is 31.2 Å². The number of nitrogens with two attached hydrogens (primary N) is 1. The summed E-state index contributed by atoms with van der Waals surface area (Å²) in [4.78, 5) is 35.1. The van der Waals surface area contributed by atoms with Crippen molar-refractivity contribution < 1.29 is 14.0 Å². The quantitative estimate of drug-likeness (QED) is 0.489. The number of fused-ring (bicyclic) bond motifs is 1. The van der Waals surface area contributed by atoms with Gasteiger partial charge in [-0.2, -0.15) is 0 Å². The second kappa shape index (κ2) is 10.3. The molecule has 3 heterocycles. The minimum absolute atomic E-state index is 0. The lowest BCUT2D eigenvalue weighted by Gasteiger charge is -2.32. The van der Waals surface area contributed by atoms with Gasteiger partial charge >= 0.3 is 0 Å². The zero-order chi connectivity index (χ0) is 23.8. The van der Waals surface area contributed by atoms with Gasteiger partial charge in [0, 0.05) is 36.5 Å². The van der Waals surface area contributed by atoms with Crippen LogP contribution in [0, 0.1) is 5.82 Å². The van der Waals surface area contributed by atoms with Crippen molar-refractivity contribution in [1.82, 2.24) is 15.3 Å². The number of piperidine rings is 1. The van der Waals surface area contributed by atoms with Crippen LogP contribution >= 0.6 is 24.2 Å². The second-order valence-corrected chi connectivity index (χ2v) is 9.50. The standard InChI is InChI=1S/C25H24FN5O2S.ClH/c1-2-22-28-19-7-5-14(11-21-24(32)30-25(33)34-21)10-17(19)23(29-22)15-6-8-20(18(26)12-15)31-9-3-4-16(27)13-31;/h5-8,10-12,16H,2-4,9,13,27H2,1H3,(H,30,32,33);1H/t16-;/m1./s1. The lowest BCUT2D eigenvalue weighted by Crippen LogP contribution is -2.43. The van der Waals surface area contributed by atoms with Crippen molar-refractivity contribution in [2.24, 2.45) is 5.73 Å². The number of hydrogen-bond acceptors (Lipinski definition) is 7. The number of hydrogen-bond donors (Lipinski definition) is 2. The van der Waals surface area contributed by atoms with Crippen molar-refractivity contribution in [1.29, 1.82) is 0 Å². The Bertz CT molecular complexity index is 1350. The van der Waals surface area contributed by atoms with E-state index in [0.29, 0.717) is 40.6 Å². The average Bonchev–Trinajstić information content (AvgIpc) is 3.14. The van der Waals surface area contributed by atoms with E-state index in [-0.39, 0.29) is 29.5 Å². The van der Waals surface area contributed by atoms with Crippen molar-refractivity contribution in [2.45, 2.75) is 32.2 Å². The summed E-state index contributed by atoms with van der Waals surface area (Å²) in [5, 5.41) is 2.61. The summed E-state index contributed by atoms with van der Waals surface area (Å²) in [5.74, 6) is -0.0633. The molecule has 1 aromatic heterocycles. The highest BCUT2D eigenvalue weighted by Gasteiger charge is 2.25. The molecular formula is C25H25ClFN5O2S. The number of halogens is 2. The zero-order valence-corrected chi connectivity index (χ0v) is 20.7. The van der Waals surface area contributed by atoms with Gasteiger partial charge in [-0.15, -0.1) is 12.4 Å². The number of carbonyl (C=O) groups excluding carboxylic acids is 2. The fourth-order valence-corrected chi connectivity index (χ4v) is 5.06. The van der Waals surface area contributed by atoms with E-state index in [4.69, 9.17) is 10.7 Å². The van der Waals surface area contributed by atoms with E-state index in [1.54, 1.807) is 12.1 Å². The van der Waals surface area contributed by atoms with Crippen LogP contribution in [-0.2, 0) is 11.2 Å². The van der Waals surface area contributed by atoms with Crippen molar-refractivity contribution in [3.05, 3.63) is 58.5 Å². The lowest BCUT2D eigenvalue weighted by molar-refractivity contribution is -0.115. The Hall–Kier alpha value is -3.01. The predicted molar refractivity (Wildman–Crippen MR) is 140 cm³/mol. The first-order chi connectivity index (χ1) is 16.4.